The molecule has 19 heavy (non-hydrogen) atoms. The van der Waals surface area contributed by atoms with Gasteiger partial charge in [-0.05, 0) is 30.0 Å². The Hall–Kier alpha value is -2.48. The predicted octanol–water partition coefficient (Wildman–Crippen LogP) is 4.52. The molecule has 0 amide bonds. The van der Waals surface area contributed by atoms with Crippen LogP contribution in [0.3, 0.4) is 0 Å². The number of fused-ring (bicyclic) bond motifs is 1. The van der Waals surface area contributed by atoms with Gasteiger partial charge in [0.1, 0.15) is 5.75 Å². The molecular weight excluding hydrogens is 234 g/mol. The molecule has 0 aliphatic heterocycles. The molecule has 0 saturated heterocycles. The van der Waals surface area contributed by atoms with Crippen LogP contribution in [0, 0.1) is 6.92 Å². The zero-order valence-electron chi connectivity index (χ0n) is 10.8. The number of rotatable bonds is 2. The monoisotopic (exact) mass is 249 g/mol. The molecule has 0 aliphatic carbocycles. The number of hydrogen-bond donors (Lipinski definition) is 1. The van der Waals surface area contributed by atoms with Gasteiger partial charge in [0.25, 0.3) is 0 Å². The highest BCUT2D eigenvalue weighted by atomic mass is 16.5. The minimum Gasteiger partial charge on any atom is -0.455 e. The van der Waals surface area contributed by atoms with Crippen molar-refractivity contribution in [3.63, 3.8) is 0 Å². The molecule has 0 saturated carbocycles. The average molecular weight is 249 g/mol. The van der Waals surface area contributed by atoms with E-state index in [1.54, 1.807) is 0 Å². The van der Waals surface area contributed by atoms with Gasteiger partial charge in [0.2, 0.25) is 0 Å². The van der Waals surface area contributed by atoms with E-state index in [2.05, 4.69) is 18.2 Å². The summed E-state index contributed by atoms with van der Waals surface area (Å²) in [6.45, 7) is 1.98. The van der Waals surface area contributed by atoms with Gasteiger partial charge >= 0.3 is 0 Å². The third kappa shape index (κ3) is 2.13. The summed E-state index contributed by atoms with van der Waals surface area (Å²) in [6, 6.07) is 20.0. The first-order valence-corrected chi connectivity index (χ1v) is 6.26. The lowest BCUT2D eigenvalue weighted by atomic mass is 10.1. The molecule has 0 aromatic heterocycles. The number of hydrogen-bond acceptors (Lipinski definition) is 2. The second kappa shape index (κ2) is 4.65. The summed E-state index contributed by atoms with van der Waals surface area (Å²) in [7, 11) is 0. The van der Waals surface area contributed by atoms with Crippen molar-refractivity contribution >= 4 is 16.5 Å². The Bertz CT molecular complexity index is 729. The van der Waals surface area contributed by atoms with Crippen molar-refractivity contribution in [1.29, 1.82) is 0 Å². The largest absolute Gasteiger partial charge is 0.455 e. The molecular formula is C17H15NO. The van der Waals surface area contributed by atoms with E-state index in [1.165, 1.54) is 0 Å². The van der Waals surface area contributed by atoms with Gasteiger partial charge in [-0.2, -0.15) is 0 Å². The predicted molar refractivity (Wildman–Crippen MR) is 79.6 cm³/mol. The van der Waals surface area contributed by atoms with Crippen molar-refractivity contribution in [3.8, 4) is 11.5 Å². The molecule has 3 aromatic rings. The van der Waals surface area contributed by atoms with E-state index in [0.717, 1.165) is 22.1 Å². The molecule has 2 heteroatoms. The number of nitrogen functional groups attached to an aromatic ring is 1. The van der Waals surface area contributed by atoms with Gasteiger partial charge in [-0.3, -0.25) is 0 Å². The van der Waals surface area contributed by atoms with Crippen molar-refractivity contribution in [2.24, 2.45) is 0 Å². The number of anilines is 1. The molecule has 94 valence electrons. The van der Waals surface area contributed by atoms with Crippen molar-refractivity contribution in [2.45, 2.75) is 6.92 Å². The molecule has 2 N–H and O–H groups in total. The highest BCUT2D eigenvalue weighted by Crippen LogP contribution is 2.33. The number of benzene rings is 3. The first-order chi connectivity index (χ1) is 9.25. The van der Waals surface area contributed by atoms with E-state index >= 15 is 0 Å². The standard InChI is InChI=1S/C17H15NO/c1-12-6-4-11-16(17(12)18)19-15-10-5-8-13-7-2-3-9-14(13)15/h2-11H,18H2,1H3. The summed E-state index contributed by atoms with van der Waals surface area (Å²) in [5.41, 5.74) is 7.77. The number of aryl methyl sites for hydroxylation is 1. The smallest absolute Gasteiger partial charge is 0.150 e. The van der Waals surface area contributed by atoms with Crippen molar-refractivity contribution in [1.82, 2.24) is 0 Å². The summed E-state index contributed by atoms with van der Waals surface area (Å²) in [5, 5.41) is 2.25. The number of ether oxygens (including phenoxy) is 1. The van der Waals surface area contributed by atoms with Crippen molar-refractivity contribution < 1.29 is 4.74 Å². The van der Waals surface area contributed by atoms with Gasteiger partial charge in [0, 0.05) is 5.39 Å². The molecule has 0 bridgehead atoms. The van der Waals surface area contributed by atoms with E-state index < -0.39 is 0 Å². The van der Waals surface area contributed by atoms with Gasteiger partial charge < -0.3 is 10.5 Å². The summed E-state index contributed by atoms with van der Waals surface area (Å²) in [6.07, 6.45) is 0. The first kappa shape index (κ1) is 11.6. The fourth-order valence-corrected chi connectivity index (χ4v) is 2.15. The van der Waals surface area contributed by atoms with Gasteiger partial charge in [-0.15, -0.1) is 0 Å². The Morgan fingerprint density at radius 2 is 1.47 bits per heavy atom. The van der Waals surface area contributed by atoms with Crippen LogP contribution < -0.4 is 10.5 Å². The molecule has 0 fully saturated rings. The van der Waals surface area contributed by atoms with Crippen LogP contribution in [0.2, 0.25) is 0 Å². The molecule has 0 aliphatic rings. The zero-order chi connectivity index (χ0) is 13.2. The topological polar surface area (TPSA) is 35.2 Å². The maximum atomic E-state index is 6.05. The Labute approximate surface area is 112 Å². The third-order valence-electron chi connectivity index (χ3n) is 3.25. The minimum atomic E-state index is 0.690. The first-order valence-electron chi connectivity index (χ1n) is 6.26. The van der Waals surface area contributed by atoms with E-state index in [-0.39, 0.29) is 0 Å². The quantitative estimate of drug-likeness (QED) is 0.677. The fraction of sp³-hybridized carbons (Fsp3) is 0.0588. The normalized spacial score (nSPS) is 10.6. The van der Waals surface area contributed by atoms with Crippen LogP contribution in [0.25, 0.3) is 10.8 Å². The SMILES string of the molecule is Cc1cccc(Oc2cccc3ccccc23)c1N. The molecule has 0 radical (unpaired) electrons. The summed E-state index contributed by atoms with van der Waals surface area (Å²) < 4.78 is 5.98. The lowest BCUT2D eigenvalue weighted by molar-refractivity contribution is 0.490. The Kier molecular flexibility index (Phi) is 2.84. The van der Waals surface area contributed by atoms with Crippen molar-refractivity contribution in [2.75, 3.05) is 5.73 Å². The second-order valence-corrected chi connectivity index (χ2v) is 4.57. The van der Waals surface area contributed by atoms with Crippen LogP contribution in [0.15, 0.2) is 60.7 Å². The summed E-state index contributed by atoms with van der Waals surface area (Å²) in [5.74, 6) is 1.53. The van der Waals surface area contributed by atoms with Gasteiger partial charge in [0.05, 0.1) is 5.69 Å². The van der Waals surface area contributed by atoms with E-state index in [4.69, 9.17) is 10.5 Å². The highest BCUT2D eigenvalue weighted by Gasteiger charge is 2.06. The van der Waals surface area contributed by atoms with E-state index in [1.807, 2.05) is 49.4 Å². The van der Waals surface area contributed by atoms with Crippen LogP contribution in [-0.4, -0.2) is 0 Å². The Morgan fingerprint density at radius 3 is 2.37 bits per heavy atom. The maximum absolute atomic E-state index is 6.05. The van der Waals surface area contributed by atoms with Crippen LogP contribution in [0.5, 0.6) is 11.5 Å². The Balaban J connectivity index is 2.09. The number of para-hydroxylation sites is 1. The van der Waals surface area contributed by atoms with E-state index in [0.29, 0.717) is 11.4 Å². The Morgan fingerprint density at radius 1 is 0.789 bits per heavy atom. The van der Waals surface area contributed by atoms with Gasteiger partial charge in [0.15, 0.2) is 5.75 Å². The minimum absolute atomic E-state index is 0.690. The molecule has 3 rings (SSSR count). The molecule has 2 nitrogen and oxygen atoms in total. The molecule has 0 unspecified atom stereocenters. The van der Waals surface area contributed by atoms with Crippen LogP contribution in [0.1, 0.15) is 5.56 Å². The molecule has 0 spiro atoms. The highest BCUT2D eigenvalue weighted by molar-refractivity contribution is 5.88. The maximum Gasteiger partial charge on any atom is 0.150 e. The average Bonchev–Trinajstić information content (AvgIpc) is 2.44. The lowest BCUT2D eigenvalue weighted by Crippen LogP contribution is -1.94. The van der Waals surface area contributed by atoms with E-state index in [9.17, 15) is 0 Å². The van der Waals surface area contributed by atoms with Crippen LogP contribution >= 0.6 is 0 Å². The second-order valence-electron chi connectivity index (χ2n) is 4.57. The van der Waals surface area contributed by atoms with Gasteiger partial charge in [-0.1, -0.05) is 48.5 Å². The van der Waals surface area contributed by atoms with Crippen molar-refractivity contribution in [3.05, 3.63) is 66.2 Å². The third-order valence-corrected chi connectivity index (χ3v) is 3.25. The lowest BCUT2D eigenvalue weighted by Gasteiger charge is -2.12. The zero-order valence-corrected chi connectivity index (χ0v) is 10.8. The molecule has 3 aromatic carbocycles. The fourth-order valence-electron chi connectivity index (χ4n) is 2.15. The summed E-state index contributed by atoms with van der Waals surface area (Å²) >= 11 is 0. The van der Waals surface area contributed by atoms with Gasteiger partial charge in [-0.25, -0.2) is 0 Å². The molecule has 0 atom stereocenters. The van der Waals surface area contributed by atoms with Crippen LogP contribution in [0.4, 0.5) is 5.69 Å². The summed E-state index contributed by atoms with van der Waals surface area (Å²) in [4.78, 5) is 0. The number of nitrogens with two attached hydrogens (primary N) is 1. The molecule has 0 heterocycles. The van der Waals surface area contributed by atoms with Crippen LogP contribution in [-0.2, 0) is 0 Å².